The third kappa shape index (κ3) is 7.07. The number of nitrogens with one attached hydrogen (secondary N) is 2. The van der Waals surface area contributed by atoms with Crippen molar-refractivity contribution in [2.24, 2.45) is 5.92 Å². The highest BCUT2D eigenvalue weighted by atomic mass is 35.5. The minimum Gasteiger partial charge on any atom is -0.356 e. The van der Waals surface area contributed by atoms with Gasteiger partial charge in [0, 0.05) is 13.0 Å². The molecule has 3 nitrogen and oxygen atoms in total. The molecule has 0 aliphatic carbocycles. The van der Waals surface area contributed by atoms with Gasteiger partial charge in [-0.2, -0.15) is 0 Å². The molecule has 96 valence electrons. The van der Waals surface area contributed by atoms with Gasteiger partial charge in [-0.3, -0.25) is 4.79 Å². The lowest BCUT2D eigenvalue weighted by Crippen LogP contribution is -2.25. The highest BCUT2D eigenvalue weighted by molar-refractivity contribution is 5.85. The third-order valence-electron chi connectivity index (χ3n) is 3.04. The first kappa shape index (κ1) is 15.7. The van der Waals surface area contributed by atoms with Crippen LogP contribution < -0.4 is 10.6 Å². The summed E-state index contributed by atoms with van der Waals surface area (Å²) in [5.74, 6) is 0.962. The Labute approximate surface area is 105 Å². The fourth-order valence-corrected chi connectivity index (χ4v) is 1.99. The van der Waals surface area contributed by atoms with Crippen LogP contribution in [0.15, 0.2) is 0 Å². The number of halogens is 1. The monoisotopic (exact) mass is 248 g/mol. The van der Waals surface area contributed by atoms with Crippen LogP contribution in [0, 0.1) is 5.92 Å². The molecular formula is C12H25ClN2O. The maximum atomic E-state index is 11.4. The third-order valence-corrected chi connectivity index (χ3v) is 3.04. The quantitative estimate of drug-likeness (QED) is 0.678. The predicted octanol–water partition coefficient (Wildman–Crippen LogP) is 2.10. The maximum absolute atomic E-state index is 11.4. The van der Waals surface area contributed by atoms with Crippen molar-refractivity contribution in [2.45, 2.75) is 45.4 Å². The van der Waals surface area contributed by atoms with Crippen LogP contribution in [0.25, 0.3) is 0 Å². The van der Waals surface area contributed by atoms with E-state index in [9.17, 15) is 4.79 Å². The van der Waals surface area contributed by atoms with Crippen molar-refractivity contribution >= 4 is 18.3 Å². The molecule has 16 heavy (non-hydrogen) atoms. The zero-order valence-corrected chi connectivity index (χ0v) is 11.1. The van der Waals surface area contributed by atoms with E-state index in [2.05, 4.69) is 17.6 Å². The van der Waals surface area contributed by atoms with Gasteiger partial charge in [-0.15, -0.1) is 12.4 Å². The fraction of sp³-hybridized carbons (Fsp3) is 0.917. The number of unbranched alkanes of at least 4 members (excludes halogenated alkanes) is 2. The molecule has 0 radical (unpaired) electrons. The molecule has 1 atom stereocenters. The molecule has 1 unspecified atom stereocenters. The van der Waals surface area contributed by atoms with E-state index >= 15 is 0 Å². The van der Waals surface area contributed by atoms with Crippen molar-refractivity contribution in [1.29, 1.82) is 0 Å². The second kappa shape index (κ2) is 9.91. The molecule has 0 spiro atoms. The summed E-state index contributed by atoms with van der Waals surface area (Å²) in [6.45, 7) is 5.26. The minimum atomic E-state index is 0. The summed E-state index contributed by atoms with van der Waals surface area (Å²) in [5.41, 5.74) is 0. The van der Waals surface area contributed by atoms with Crippen molar-refractivity contribution in [3.8, 4) is 0 Å². The summed E-state index contributed by atoms with van der Waals surface area (Å²) in [7, 11) is 0. The number of carbonyl (C=O) groups excluding carboxylic acids is 1. The van der Waals surface area contributed by atoms with Gasteiger partial charge >= 0.3 is 0 Å². The summed E-state index contributed by atoms with van der Waals surface area (Å²) in [6, 6.07) is 0. The summed E-state index contributed by atoms with van der Waals surface area (Å²) < 4.78 is 0. The molecule has 0 aromatic heterocycles. The Morgan fingerprint density at radius 3 is 2.88 bits per heavy atom. The Morgan fingerprint density at radius 2 is 2.25 bits per heavy atom. The molecule has 0 aromatic carbocycles. The van der Waals surface area contributed by atoms with Crippen molar-refractivity contribution in [3.05, 3.63) is 0 Å². The molecule has 2 N–H and O–H groups in total. The zero-order valence-electron chi connectivity index (χ0n) is 10.3. The van der Waals surface area contributed by atoms with E-state index in [1.165, 1.54) is 19.3 Å². The van der Waals surface area contributed by atoms with E-state index < -0.39 is 0 Å². The Bertz CT molecular complexity index is 182. The first-order chi connectivity index (χ1) is 7.33. The van der Waals surface area contributed by atoms with Crippen molar-refractivity contribution < 1.29 is 4.79 Å². The normalized spacial score (nSPS) is 19.2. The van der Waals surface area contributed by atoms with Crippen LogP contribution in [-0.4, -0.2) is 25.5 Å². The molecule has 1 rings (SSSR count). The Morgan fingerprint density at radius 1 is 1.44 bits per heavy atom. The van der Waals surface area contributed by atoms with Gasteiger partial charge in [0.1, 0.15) is 0 Å². The second-order valence-corrected chi connectivity index (χ2v) is 4.45. The van der Waals surface area contributed by atoms with Gasteiger partial charge in [0.25, 0.3) is 0 Å². The van der Waals surface area contributed by atoms with Gasteiger partial charge in [0.2, 0.25) is 5.91 Å². The number of rotatable bonds is 7. The van der Waals surface area contributed by atoms with E-state index in [1.807, 2.05) is 0 Å². The summed E-state index contributed by atoms with van der Waals surface area (Å²) in [6.07, 6.45) is 6.54. The molecule has 0 bridgehead atoms. The van der Waals surface area contributed by atoms with Gasteiger partial charge in [0.05, 0.1) is 0 Å². The summed E-state index contributed by atoms with van der Waals surface area (Å²) in [4.78, 5) is 11.4. The van der Waals surface area contributed by atoms with E-state index in [0.717, 1.165) is 38.4 Å². The Hall–Kier alpha value is -0.280. The van der Waals surface area contributed by atoms with Crippen LogP contribution >= 0.6 is 12.4 Å². The molecular weight excluding hydrogens is 224 g/mol. The minimum absolute atomic E-state index is 0. The molecule has 1 amide bonds. The number of hydrogen-bond acceptors (Lipinski definition) is 2. The Balaban J connectivity index is 0.00000225. The molecule has 0 saturated carbocycles. The smallest absolute Gasteiger partial charge is 0.220 e. The zero-order chi connectivity index (χ0) is 10.9. The molecule has 0 aromatic rings. The average molecular weight is 249 g/mol. The molecule has 1 saturated heterocycles. The number of amides is 1. The van der Waals surface area contributed by atoms with E-state index in [0.29, 0.717) is 6.42 Å². The first-order valence-corrected chi connectivity index (χ1v) is 6.30. The number of carbonyl (C=O) groups is 1. The van der Waals surface area contributed by atoms with Crippen molar-refractivity contribution in [3.63, 3.8) is 0 Å². The maximum Gasteiger partial charge on any atom is 0.220 e. The lowest BCUT2D eigenvalue weighted by atomic mass is 10.0. The number of hydrogen-bond donors (Lipinski definition) is 2. The highest BCUT2D eigenvalue weighted by Crippen LogP contribution is 2.13. The van der Waals surface area contributed by atoms with Gasteiger partial charge in [-0.25, -0.2) is 0 Å². The van der Waals surface area contributed by atoms with Gasteiger partial charge in [-0.1, -0.05) is 19.8 Å². The summed E-state index contributed by atoms with van der Waals surface area (Å²) in [5, 5.41) is 6.31. The molecule has 1 aliphatic heterocycles. The van der Waals surface area contributed by atoms with Gasteiger partial charge < -0.3 is 10.6 Å². The van der Waals surface area contributed by atoms with E-state index in [1.54, 1.807) is 0 Å². The van der Waals surface area contributed by atoms with Crippen LogP contribution in [-0.2, 0) is 4.79 Å². The second-order valence-electron chi connectivity index (χ2n) is 4.45. The van der Waals surface area contributed by atoms with Gasteiger partial charge in [-0.05, 0) is 38.3 Å². The Kier molecular flexibility index (Phi) is 9.74. The predicted molar refractivity (Wildman–Crippen MR) is 70.0 cm³/mol. The average Bonchev–Trinajstić information content (AvgIpc) is 2.74. The van der Waals surface area contributed by atoms with E-state index in [4.69, 9.17) is 0 Å². The van der Waals surface area contributed by atoms with Crippen LogP contribution in [0.1, 0.15) is 45.4 Å². The van der Waals surface area contributed by atoms with Crippen LogP contribution in [0.3, 0.4) is 0 Å². The highest BCUT2D eigenvalue weighted by Gasteiger charge is 2.15. The topological polar surface area (TPSA) is 41.1 Å². The molecule has 1 fully saturated rings. The van der Waals surface area contributed by atoms with Crippen LogP contribution in [0.4, 0.5) is 0 Å². The van der Waals surface area contributed by atoms with Crippen LogP contribution in [0.5, 0.6) is 0 Å². The van der Waals surface area contributed by atoms with Gasteiger partial charge in [0.15, 0.2) is 0 Å². The van der Waals surface area contributed by atoms with Crippen molar-refractivity contribution in [1.82, 2.24) is 10.6 Å². The van der Waals surface area contributed by atoms with Crippen molar-refractivity contribution in [2.75, 3.05) is 19.6 Å². The first-order valence-electron chi connectivity index (χ1n) is 6.30. The lowest BCUT2D eigenvalue weighted by molar-refractivity contribution is -0.121. The SMILES string of the molecule is CCCCCNC(=O)CCC1CCNC1.Cl. The molecule has 1 aliphatic rings. The standard InChI is InChI=1S/C12H24N2O.ClH/c1-2-3-4-8-14-12(15)6-5-11-7-9-13-10-11;/h11,13H,2-10H2,1H3,(H,14,15);1H. The summed E-state index contributed by atoms with van der Waals surface area (Å²) >= 11 is 0. The molecule has 1 heterocycles. The fourth-order valence-electron chi connectivity index (χ4n) is 1.99. The van der Waals surface area contributed by atoms with Crippen LogP contribution in [0.2, 0.25) is 0 Å². The lowest BCUT2D eigenvalue weighted by Gasteiger charge is -2.08. The van der Waals surface area contributed by atoms with E-state index in [-0.39, 0.29) is 18.3 Å². The molecule has 4 heteroatoms. The largest absolute Gasteiger partial charge is 0.356 e.